The minimum atomic E-state index is -1.33. The number of hydrogen-bond donors (Lipinski definition) is 2. The van der Waals surface area contributed by atoms with Crippen LogP contribution in [0, 0.1) is 11.6 Å². The molecule has 9 heteroatoms. The molecule has 1 heterocycles. The third kappa shape index (κ3) is 4.46. The molecule has 0 spiro atoms. The first kappa shape index (κ1) is 22.9. The lowest BCUT2D eigenvalue weighted by Crippen LogP contribution is -2.50. The first-order valence-corrected chi connectivity index (χ1v) is 9.97. The van der Waals surface area contributed by atoms with Crippen LogP contribution in [0.25, 0.3) is 0 Å². The van der Waals surface area contributed by atoms with E-state index < -0.39 is 35.7 Å². The number of urea groups is 1. The number of allylic oxidation sites excluding steroid dienone is 1. The number of carboxylic acids is 1. The zero-order valence-corrected chi connectivity index (χ0v) is 17.8. The molecular weight excluding hydrogens is 420 g/mol. The molecule has 0 saturated carbocycles. The second-order valence-corrected chi connectivity index (χ2v) is 7.15. The highest BCUT2D eigenvalue weighted by Crippen LogP contribution is 2.37. The van der Waals surface area contributed by atoms with Gasteiger partial charge in [-0.25, -0.2) is 28.3 Å². The molecule has 1 aliphatic heterocycles. The number of halogens is 2. The number of amides is 2. The average Bonchev–Trinajstić information content (AvgIpc) is 2.79. The van der Waals surface area contributed by atoms with Crippen LogP contribution >= 0.6 is 0 Å². The highest BCUT2D eigenvalue weighted by Gasteiger charge is 2.41. The van der Waals surface area contributed by atoms with Gasteiger partial charge in [-0.1, -0.05) is 43.3 Å². The van der Waals surface area contributed by atoms with E-state index in [0.29, 0.717) is 0 Å². The maximum atomic E-state index is 14.1. The molecule has 0 saturated heterocycles. The largest absolute Gasteiger partial charge is 0.478 e. The molecule has 0 aromatic heterocycles. The van der Waals surface area contributed by atoms with E-state index in [0.717, 1.165) is 22.6 Å². The van der Waals surface area contributed by atoms with Gasteiger partial charge in [0, 0.05) is 0 Å². The van der Waals surface area contributed by atoms with E-state index in [2.05, 4.69) is 10.3 Å². The quantitative estimate of drug-likeness (QED) is 0.710. The number of carboxylic acid groups (broad SMARTS) is 1. The Balaban J connectivity index is 2.10. The minimum absolute atomic E-state index is 0.0687. The van der Waals surface area contributed by atoms with Crippen molar-refractivity contribution in [2.45, 2.75) is 32.4 Å². The number of nitrogens with one attached hydrogen (secondary N) is 1. The zero-order valence-electron chi connectivity index (χ0n) is 17.8. The number of nitrogens with zero attached hydrogens (tertiary/aromatic N) is 2. The third-order valence-electron chi connectivity index (χ3n) is 5.14. The molecule has 0 aliphatic carbocycles. The molecule has 1 aliphatic rings. The van der Waals surface area contributed by atoms with Crippen molar-refractivity contribution >= 4 is 18.0 Å². The number of rotatable bonds is 5. The summed E-state index contributed by atoms with van der Waals surface area (Å²) in [7, 11) is 1.29. The zero-order chi connectivity index (χ0) is 23.4. The van der Waals surface area contributed by atoms with Crippen LogP contribution in [0.2, 0.25) is 0 Å². The van der Waals surface area contributed by atoms with Gasteiger partial charge in [0.1, 0.15) is 6.04 Å². The molecule has 2 aromatic rings. The van der Waals surface area contributed by atoms with Gasteiger partial charge in [0.25, 0.3) is 0 Å². The first-order chi connectivity index (χ1) is 15.3. The van der Waals surface area contributed by atoms with E-state index >= 15 is 0 Å². The number of benzene rings is 2. The maximum Gasteiger partial charge on any atom is 0.335 e. The summed E-state index contributed by atoms with van der Waals surface area (Å²) < 4.78 is 32.9. The van der Waals surface area contributed by atoms with Crippen LogP contribution in [0.3, 0.4) is 0 Å². The monoisotopic (exact) mass is 443 g/mol. The lowest BCUT2D eigenvalue weighted by atomic mass is 9.93. The molecule has 2 N–H and O–H groups in total. The molecule has 3 rings (SSSR count). The number of methoxy groups -OCH3 is 1. The van der Waals surface area contributed by atoms with Gasteiger partial charge in [-0.05, 0) is 36.6 Å². The second kappa shape index (κ2) is 9.59. The molecule has 0 fully saturated rings. The molecular formula is C23H23F2N3O4. The smallest absolute Gasteiger partial charge is 0.335 e. The Labute approximate surface area is 184 Å². The van der Waals surface area contributed by atoms with Crippen molar-refractivity contribution in [1.82, 2.24) is 10.2 Å². The Morgan fingerprint density at radius 1 is 1.19 bits per heavy atom. The molecule has 0 bridgehead atoms. The summed E-state index contributed by atoms with van der Waals surface area (Å²) in [5.74, 6) is -3.58. The van der Waals surface area contributed by atoms with Crippen LogP contribution < -0.4 is 5.32 Å². The molecule has 168 valence electrons. The number of carbonyl (C=O) groups excluding carboxylic acids is 1. The van der Waals surface area contributed by atoms with Crippen LogP contribution in [0.15, 0.2) is 64.8 Å². The van der Waals surface area contributed by atoms with E-state index in [1.54, 1.807) is 13.8 Å². The Morgan fingerprint density at radius 2 is 1.88 bits per heavy atom. The standard InChI is InChI=1S/C23H23F2N3O4/c1-4-18-19(21(29)30)20(15-10-11-16(24)17(25)12-15)28(23(27-18)32-3)22(31)26-13(2)14-8-6-5-7-9-14/h5-13,20H,4H2,1-3H3,(H,26,31)(H,29,30)/t13-,20?/m1/s1. The fourth-order valence-corrected chi connectivity index (χ4v) is 3.56. The lowest BCUT2D eigenvalue weighted by molar-refractivity contribution is -0.133. The molecule has 2 aromatic carbocycles. The van der Waals surface area contributed by atoms with Gasteiger partial charge in [-0.3, -0.25) is 0 Å². The summed E-state index contributed by atoms with van der Waals surface area (Å²) in [4.78, 5) is 30.7. The second-order valence-electron chi connectivity index (χ2n) is 7.15. The van der Waals surface area contributed by atoms with Gasteiger partial charge in [0.2, 0.25) is 0 Å². The number of carbonyl (C=O) groups is 2. The van der Waals surface area contributed by atoms with Crippen molar-refractivity contribution in [2.24, 2.45) is 4.99 Å². The third-order valence-corrected chi connectivity index (χ3v) is 5.14. The van der Waals surface area contributed by atoms with Crippen molar-refractivity contribution in [3.63, 3.8) is 0 Å². The summed E-state index contributed by atoms with van der Waals surface area (Å²) >= 11 is 0. The van der Waals surface area contributed by atoms with E-state index in [9.17, 15) is 23.5 Å². The molecule has 1 unspecified atom stereocenters. The number of aliphatic imine (C=N–C) groups is 1. The average molecular weight is 443 g/mol. The van der Waals surface area contributed by atoms with E-state index in [-0.39, 0.29) is 29.3 Å². The highest BCUT2D eigenvalue weighted by atomic mass is 19.2. The summed E-state index contributed by atoms with van der Waals surface area (Å²) in [5, 5.41) is 12.7. The van der Waals surface area contributed by atoms with E-state index in [1.165, 1.54) is 13.2 Å². The SMILES string of the molecule is CCC1=C(C(=O)O)C(c2ccc(F)c(F)c2)N(C(=O)N[C@H](C)c2ccccc2)C(OC)=N1. The molecule has 0 radical (unpaired) electrons. The fraction of sp³-hybridized carbons (Fsp3) is 0.261. The van der Waals surface area contributed by atoms with Gasteiger partial charge in [0.15, 0.2) is 11.6 Å². The molecule has 2 atom stereocenters. The van der Waals surface area contributed by atoms with Gasteiger partial charge in [0.05, 0.1) is 24.4 Å². The molecule has 2 amide bonds. The van der Waals surface area contributed by atoms with Crippen LogP contribution in [0.4, 0.5) is 13.6 Å². The van der Waals surface area contributed by atoms with Crippen molar-refractivity contribution < 1.29 is 28.2 Å². The Kier molecular flexibility index (Phi) is 6.87. The first-order valence-electron chi connectivity index (χ1n) is 9.97. The fourth-order valence-electron chi connectivity index (χ4n) is 3.56. The number of hydrogen-bond acceptors (Lipinski definition) is 4. The minimum Gasteiger partial charge on any atom is -0.478 e. The summed E-state index contributed by atoms with van der Waals surface area (Å²) in [6.07, 6.45) is 0.227. The van der Waals surface area contributed by atoms with E-state index in [1.807, 2.05) is 30.3 Å². The van der Waals surface area contributed by atoms with Gasteiger partial charge in [-0.2, -0.15) is 0 Å². The maximum absolute atomic E-state index is 14.1. The van der Waals surface area contributed by atoms with Crippen LogP contribution in [-0.4, -0.2) is 35.1 Å². The van der Waals surface area contributed by atoms with E-state index in [4.69, 9.17) is 4.74 Å². The Hall–Kier alpha value is -3.75. The topological polar surface area (TPSA) is 91.2 Å². The predicted octanol–water partition coefficient (Wildman–Crippen LogP) is 4.54. The van der Waals surface area contributed by atoms with Crippen LogP contribution in [0.1, 0.15) is 43.5 Å². The van der Waals surface area contributed by atoms with Gasteiger partial charge < -0.3 is 15.2 Å². The summed E-state index contributed by atoms with van der Waals surface area (Å²) in [6, 6.07) is 9.57. The van der Waals surface area contributed by atoms with Crippen molar-refractivity contribution in [1.29, 1.82) is 0 Å². The van der Waals surface area contributed by atoms with Crippen molar-refractivity contribution in [3.05, 3.63) is 82.6 Å². The van der Waals surface area contributed by atoms with Gasteiger partial charge >= 0.3 is 18.0 Å². The Bertz CT molecular complexity index is 1090. The molecule has 7 nitrogen and oxygen atoms in total. The van der Waals surface area contributed by atoms with Crippen LogP contribution in [0.5, 0.6) is 0 Å². The van der Waals surface area contributed by atoms with Crippen molar-refractivity contribution in [3.8, 4) is 0 Å². The number of ether oxygens (including phenoxy) is 1. The van der Waals surface area contributed by atoms with Crippen molar-refractivity contribution in [2.75, 3.05) is 7.11 Å². The lowest BCUT2D eigenvalue weighted by Gasteiger charge is -2.36. The Morgan fingerprint density at radius 3 is 2.44 bits per heavy atom. The highest BCUT2D eigenvalue weighted by molar-refractivity contribution is 6.00. The predicted molar refractivity (Wildman–Crippen MR) is 114 cm³/mol. The molecule has 32 heavy (non-hydrogen) atoms. The summed E-state index contributed by atoms with van der Waals surface area (Å²) in [6.45, 7) is 3.46. The number of aliphatic carboxylic acids is 1. The van der Waals surface area contributed by atoms with Crippen LogP contribution in [-0.2, 0) is 9.53 Å². The van der Waals surface area contributed by atoms with Gasteiger partial charge in [-0.15, -0.1) is 0 Å². The normalized spacial score (nSPS) is 17.0. The summed E-state index contributed by atoms with van der Waals surface area (Å²) in [5.41, 5.74) is 0.840. The number of amidine groups is 1.